The van der Waals surface area contributed by atoms with Gasteiger partial charge in [-0.15, -0.1) is 0 Å². The zero-order chi connectivity index (χ0) is 37.5. The minimum Gasteiger partial charge on any atom is -0.507 e. The Hall–Kier alpha value is -2.12. The van der Waals surface area contributed by atoms with Gasteiger partial charge in [0.25, 0.3) is 0 Å². The second kappa shape index (κ2) is 14.5. The van der Waals surface area contributed by atoms with Crippen LogP contribution in [-0.2, 0) is 36.3 Å². The van der Waals surface area contributed by atoms with E-state index in [9.17, 15) is 14.7 Å². The predicted molar refractivity (Wildman–Crippen MR) is 201 cm³/mol. The number of likely N-dealkylation sites (N-methyl/N-ethyl adjacent to an activating group) is 2. The van der Waals surface area contributed by atoms with Crippen molar-refractivity contribution >= 4 is 11.9 Å². The number of carbonyl (C=O) groups is 2. The largest absolute Gasteiger partial charge is 0.507 e. The number of unbranched alkanes of at least 4 members (excludes halogenated alkanes) is 2. The Balaban J connectivity index is 1.77. The first-order valence-electron chi connectivity index (χ1n) is 18.9. The minimum absolute atomic E-state index is 0.00407. The normalized spacial score (nSPS) is 24.7. The van der Waals surface area contributed by atoms with Crippen molar-refractivity contribution in [2.45, 2.75) is 200 Å². The maximum absolute atomic E-state index is 14.0. The number of hydrogen-bond donors (Lipinski definition) is 1. The Kier molecular flexibility index (Phi) is 12.2. The topological polar surface area (TPSA) is 79.3 Å². The molecule has 280 valence electrons. The van der Waals surface area contributed by atoms with Gasteiger partial charge in [0, 0.05) is 11.1 Å². The Bertz CT molecular complexity index is 1240. The van der Waals surface area contributed by atoms with E-state index in [0.717, 1.165) is 56.1 Å². The molecule has 2 unspecified atom stereocenters. The number of benzene rings is 1. The number of carbonyl (C=O) groups excluding carboxylic acids is 2. The fraction of sp³-hybridized carbons (Fsp3) is 0.810. The van der Waals surface area contributed by atoms with Crippen molar-refractivity contribution in [1.82, 2.24) is 9.80 Å². The van der Waals surface area contributed by atoms with Gasteiger partial charge in [-0.2, -0.15) is 0 Å². The molecule has 0 radical (unpaired) electrons. The van der Waals surface area contributed by atoms with E-state index in [4.69, 9.17) is 9.47 Å². The van der Waals surface area contributed by atoms with Gasteiger partial charge in [0.2, 0.25) is 0 Å². The van der Waals surface area contributed by atoms with Crippen LogP contribution in [0.1, 0.15) is 165 Å². The highest BCUT2D eigenvalue weighted by Crippen LogP contribution is 2.42. The number of nitrogens with zero attached hydrogens (tertiary/aromatic N) is 2. The van der Waals surface area contributed by atoms with Gasteiger partial charge in [0.05, 0.1) is 11.1 Å². The molecule has 0 aromatic heterocycles. The molecule has 0 amide bonds. The van der Waals surface area contributed by atoms with E-state index < -0.39 is 17.9 Å². The van der Waals surface area contributed by atoms with Crippen LogP contribution < -0.4 is 0 Å². The molecule has 3 rings (SSSR count). The molecule has 2 atom stereocenters. The molecule has 7 nitrogen and oxygen atoms in total. The van der Waals surface area contributed by atoms with Crippen molar-refractivity contribution in [2.75, 3.05) is 14.1 Å². The molecule has 7 heteroatoms. The third-order valence-electron chi connectivity index (χ3n) is 12.5. The summed E-state index contributed by atoms with van der Waals surface area (Å²) < 4.78 is 12.5. The van der Waals surface area contributed by atoms with Gasteiger partial charge in [0.15, 0.2) is 5.92 Å². The summed E-state index contributed by atoms with van der Waals surface area (Å²) in [5.74, 6) is -1.47. The fourth-order valence-corrected chi connectivity index (χ4v) is 8.02. The molecule has 0 aliphatic carbocycles. The molecular weight excluding hydrogens is 612 g/mol. The first-order valence-corrected chi connectivity index (χ1v) is 18.9. The van der Waals surface area contributed by atoms with E-state index in [-0.39, 0.29) is 45.2 Å². The van der Waals surface area contributed by atoms with E-state index in [2.05, 4.69) is 133 Å². The third-order valence-corrected chi connectivity index (χ3v) is 12.5. The molecule has 1 aromatic carbocycles. The van der Waals surface area contributed by atoms with Crippen molar-refractivity contribution in [3.8, 4) is 5.75 Å². The summed E-state index contributed by atoms with van der Waals surface area (Å²) in [6.07, 6.45) is 6.47. The number of phenolic OH excluding ortho intramolecular Hbond substituents is 1. The highest BCUT2D eigenvalue weighted by Gasteiger charge is 2.50. The van der Waals surface area contributed by atoms with Crippen molar-refractivity contribution in [2.24, 2.45) is 5.92 Å². The van der Waals surface area contributed by atoms with Crippen LogP contribution in [-0.4, -0.2) is 75.3 Å². The highest BCUT2D eigenvalue weighted by molar-refractivity contribution is 5.95. The molecule has 2 aliphatic rings. The number of esters is 2. The van der Waals surface area contributed by atoms with Crippen molar-refractivity contribution in [3.63, 3.8) is 0 Å². The van der Waals surface area contributed by atoms with Crippen LogP contribution in [0.25, 0.3) is 0 Å². The molecule has 49 heavy (non-hydrogen) atoms. The summed E-state index contributed by atoms with van der Waals surface area (Å²) >= 11 is 0. The van der Waals surface area contributed by atoms with Gasteiger partial charge < -0.3 is 14.6 Å². The highest BCUT2D eigenvalue weighted by atomic mass is 16.6. The number of piperidine rings is 2. The number of aryl methyl sites for hydroxylation is 1. The first-order chi connectivity index (χ1) is 22.1. The molecule has 2 aliphatic heterocycles. The van der Waals surface area contributed by atoms with Crippen LogP contribution in [0.4, 0.5) is 0 Å². The van der Waals surface area contributed by atoms with Crippen LogP contribution in [0.3, 0.4) is 0 Å². The smallest absolute Gasteiger partial charge is 0.320 e. The molecule has 2 saturated heterocycles. The zero-order valence-electron chi connectivity index (χ0n) is 34.2. The standard InChI is InChI=1S/C42H72N2O5/c1-37(2,3)30-26-28(27-31(34(30)45)38(4,5)6)20-18-17-19-21-29(35(46)48-32-22-24-39(7,8)43(15)41(32,11)12)36(47)49-33-23-25-40(9,10)44(16)42(33,13)14/h26-27,29,32-33,45H,17-25H2,1-16H3. The Morgan fingerprint density at radius 3 is 1.49 bits per heavy atom. The molecule has 0 bridgehead atoms. The van der Waals surface area contributed by atoms with Gasteiger partial charge >= 0.3 is 11.9 Å². The van der Waals surface area contributed by atoms with Crippen LogP contribution in [0, 0.1) is 5.92 Å². The number of rotatable bonds is 10. The summed E-state index contributed by atoms with van der Waals surface area (Å²) in [5, 5.41) is 11.1. The number of phenols is 1. The van der Waals surface area contributed by atoms with E-state index >= 15 is 0 Å². The maximum Gasteiger partial charge on any atom is 0.320 e. The molecule has 1 N–H and O–H groups in total. The monoisotopic (exact) mass is 685 g/mol. The quantitative estimate of drug-likeness (QED) is 0.150. The molecule has 0 spiro atoms. The third kappa shape index (κ3) is 9.22. The van der Waals surface area contributed by atoms with E-state index in [1.54, 1.807) is 0 Å². The molecular formula is C42H72N2O5. The van der Waals surface area contributed by atoms with Crippen LogP contribution in [0.5, 0.6) is 5.75 Å². The van der Waals surface area contributed by atoms with Crippen LogP contribution in [0.15, 0.2) is 12.1 Å². The van der Waals surface area contributed by atoms with Gasteiger partial charge in [0.1, 0.15) is 18.0 Å². The lowest BCUT2D eigenvalue weighted by atomic mass is 9.78. The van der Waals surface area contributed by atoms with Gasteiger partial charge in [-0.25, -0.2) is 0 Å². The second-order valence-electron chi connectivity index (χ2n) is 19.7. The molecule has 1 aromatic rings. The Morgan fingerprint density at radius 2 is 1.12 bits per heavy atom. The molecule has 0 saturated carbocycles. The summed E-state index contributed by atoms with van der Waals surface area (Å²) in [6.45, 7) is 30.2. The SMILES string of the molecule is CN1C(C)(C)CCC(OC(=O)C(CCCCCc2cc(C(C)(C)C)c(O)c(C(C)(C)C)c2)C(=O)OC2CCC(C)(C)N(C)C2(C)C)C1(C)C. The van der Waals surface area contributed by atoms with Crippen LogP contribution in [0.2, 0.25) is 0 Å². The van der Waals surface area contributed by atoms with E-state index in [0.29, 0.717) is 18.6 Å². The Morgan fingerprint density at radius 1 is 0.735 bits per heavy atom. The summed E-state index contributed by atoms with van der Waals surface area (Å²) in [6, 6.07) is 4.30. The number of hydrogen-bond acceptors (Lipinski definition) is 7. The number of aromatic hydroxyl groups is 1. The average molecular weight is 685 g/mol. The average Bonchev–Trinajstić information content (AvgIpc) is 2.95. The van der Waals surface area contributed by atoms with Crippen molar-refractivity contribution in [3.05, 3.63) is 28.8 Å². The summed E-state index contributed by atoms with van der Waals surface area (Å²) in [5.41, 5.74) is 2.05. The summed E-state index contributed by atoms with van der Waals surface area (Å²) in [4.78, 5) is 32.6. The van der Waals surface area contributed by atoms with Gasteiger partial charge in [-0.05, 0) is 142 Å². The van der Waals surface area contributed by atoms with Gasteiger partial charge in [-0.3, -0.25) is 19.4 Å². The number of likely N-dealkylation sites (tertiary alicyclic amines) is 2. The van der Waals surface area contributed by atoms with Crippen LogP contribution >= 0.6 is 0 Å². The number of ether oxygens (including phenoxy) is 2. The minimum atomic E-state index is -0.958. The summed E-state index contributed by atoms with van der Waals surface area (Å²) in [7, 11) is 4.19. The lowest BCUT2D eigenvalue weighted by molar-refractivity contribution is -0.186. The Labute approximate surface area is 299 Å². The lowest BCUT2D eigenvalue weighted by Crippen LogP contribution is -2.64. The van der Waals surface area contributed by atoms with E-state index in [1.165, 1.54) is 5.56 Å². The van der Waals surface area contributed by atoms with E-state index in [1.807, 2.05) is 0 Å². The fourth-order valence-electron chi connectivity index (χ4n) is 8.02. The van der Waals surface area contributed by atoms with Crippen molar-refractivity contribution in [1.29, 1.82) is 0 Å². The first kappa shape index (κ1) is 41.3. The van der Waals surface area contributed by atoms with Gasteiger partial charge in [-0.1, -0.05) is 66.5 Å². The maximum atomic E-state index is 14.0. The second-order valence-corrected chi connectivity index (χ2v) is 19.7. The van der Waals surface area contributed by atoms with Crippen molar-refractivity contribution < 1.29 is 24.2 Å². The molecule has 2 heterocycles. The zero-order valence-corrected chi connectivity index (χ0v) is 34.2. The lowest BCUT2D eigenvalue weighted by Gasteiger charge is -2.54. The predicted octanol–water partition coefficient (Wildman–Crippen LogP) is 9.10. The molecule has 2 fully saturated rings.